The van der Waals surface area contributed by atoms with E-state index in [0.29, 0.717) is 12.1 Å². The van der Waals surface area contributed by atoms with E-state index in [1.165, 1.54) is 16.3 Å². The maximum Gasteiger partial charge on any atom is 0.335 e. The molecule has 4 aromatic carbocycles. The molecule has 3 atom stereocenters. The maximum atomic E-state index is 11.7. The number of aromatic carboxylic acids is 1. The summed E-state index contributed by atoms with van der Waals surface area (Å²) in [5, 5.41) is 15.8. The van der Waals surface area contributed by atoms with Crippen molar-refractivity contribution in [3.05, 3.63) is 113 Å². The molecule has 0 aliphatic carbocycles. The van der Waals surface area contributed by atoms with Gasteiger partial charge < -0.3 is 15.2 Å². The van der Waals surface area contributed by atoms with Gasteiger partial charge in [0.25, 0.3) is 0 Å². The molecule has 0 spiro atoms. The Labute approximate surface area is 212 Å². The zero-order chi connectivity index (χ0) is 23.7. The third-order valence-electron chi connectivity index (χ3n) is 6.78. The van der Waals surface area contributed by atoms with Crippen LogP contribution in [0.1, 0.15) is 57.9 Å². The Hall–Kier alpha value is -3.34. The van der Waals surface area contributed by atoms with Gasteiger partial charge in [-0.1, -0.05) is 66.7 Å². The summed E-state index contributed by atoms with van der Waals surface area (Å²) >= 11 is 0. The molecule has 1 aliphatic heterocycles. The fraction of sp³-hybridized carbons (Fsp3) is 0.233. The second-order valence-corrected chi connectivity index (χ2v) is 9.20. The lowest BCUT2D eigenvalue weighted by Crippen LogP contribution is -2.37. The van der Waals surface area contributed by atoms with Crippen LogP contribution in [0.15, 0.2) is 84.9 Å². The van der Waals surface area contributed by atoms with E-state index in [0.717, 1.165) is 28.9 Å². The number of rotatable bonds is 6. The Morgan fingerprint density at radius 2 is 1.77 bits per heavy atom. The monoisotopic (exact) mass is 487 g/mol. The number of carbonyl (C=O) groups is 1. The van der Waals surface area contributed by atoms with E-state index >= 15 is 0 Å². The van der Waals surface area contributed by atoms with Gasteiger partial charge >= 0.3 is 5.97 Å². The van der Waals surface area contributed by atoms with E-state index in [2.05, 4.69) is 66.8 Å². The SMILES string of the molecule is Cc1cc(C(=O)O)cc([C@@H]2C[C@H](CN[C@H](C)c3cccc4ccccc34)Oc3ccccc32)c1.Cl. The number of hydrogen-bond acceptors (Lipinski definition) is 3. The summed E-state index contributed by atoms with van der Waals surface area (Å²) in [5.41, 5.74) is 4.70. The first-order valence-corrected chi connectivity index (χ1v) is 11.8. The third-order valence-corrected chi connectivity index (χ3v) is 6.78. The topological polar surface area (TPSA) is 58.6 Å². The van der Waals surface area contributed by atoms with Crippen LogP contribution >= 0.6 is 12.4 Å². The molecule has 0 saturated carbocycles. The lowest BCUT2D eigenvalue weighted by atomic mass is 9.83. The Balaban J connectivity index is 0.00000289. The Morgan fingerprint density at radius 3 is 2.60 bits per heavy atom. The van der Waals surface area contributed by atoms with Crippen molar-refractivity contribution >= 4 is 29.1 Å². The minimum absolute atomic E-state index is 0. The smallest absolute Gasteiger partial charge is 0.335 e. The summed E-state index contributed by atoms with van der Waals surface area (Å²) in [4.78, 5) is 11.7. The molecule has 180 valence electrons. The van der Waals surface area contributed by atoms with Crippen molar-refractivity contribution in [3.8, 4) is 5.75 Å². The Morgan fingerprint density at radius 1 is 1.03 bits per heavy atom. The fourth-order valence-electron chi connectivity index (χ4n) is 5.12. The fourth-order valence-corrected chi connectivity index (χ4v) is 5.12. The minimum Gasteiger partial charge on any atom is -0.489 e. The normalized spacial score (nSPS) is 17.7. The summed E-state index contributed by atoms with van der Waals surface area (Å²) in [6.07, 6.45) is 0.764. The van der Waals surface area contributed by atoms with Gasteiger partial charge in [-0.05, 0) is 65.9 Å². The molecule has 4 nitrogen and oxygen atoms in total. The molecule has 0 aromatic heterocycles. The van der Waals surface area contributed by atoms with Crippen LogP contribution in [0.3, 0.4) is 0 Å². The highest BCUT2D eigenvalue weighted by atomic mass is 35.5. The van der Waals surface area contributed by atoms with Crippen molar-refractivity contribution in [3.63, 3.8) is 0 Å². The quantitative estimate of drug-likeness (QED) is 0.310. The largest absolute Gasteiger partial charge is 0.489 e. The number of fused-ring (bicyclic) bond motifs is 2. The number of halogens is 1. The zero-order valence-corrected chi connectivity index (χ0v) is 20.7. The van der Waals surface area contributed by atoms with Crippen LogP contribution in [0.25, 0.3) is 10.8 Å². The standard InChI is InChI=1S/C30H29NO3.ClH/c1-19-14-22(16-23(15-19)30(32)33)28-17-24(34-29-13-6-5-11-27(28)29)18-31-20(2)25-12-7-9-21-8-3-4-10-26(21)25;/h3-16,20,24,28,31H,17-18H2,1-2H3,(H,32,33);1H/t20-,24-,28+;/m1./s1. The molecule has 35 heavy (non-hydrogen) atoms. The number of carboxylic acid groups (broad SMARTS) is 1. The van der Waals surface area contributed by atoms with Gasteiger partial charge in [0.2, 0.25) is 0 Å². The molecule has 0 amide bonds. The molecule has 0 unspecified atom stereocenters. The highest BCUT2D eigenvalue weighted by Gasteiger charge is 2.30. The maximum absolute atomic E-state index is 11.7. The summed E-state index contributed by atoms with van der Waals surface area (Å²) in [6, 6.07) is 28.8. The van der Waals surface area contributed by atoms with Crippen LogP contribution in [0.5, 0.6) is 5.75 Å². The number of para-hydroxylation sites is 1. The van der Waals surface area contributed by atoms with E-state index < -0.39 is 5.97 Å². The van der Waals surface area contributed by atoms with Crippen LogP contribution in [-0.4, -0.2) is 23.7 Å². The van der Waals surface area contributed by atoms with E-state index in [-0.39, 0.29) is 30.5 Å². The number of nitrogens with one attached hydrogen (secondary N) is 1. The van der Waals surface area contributed by atoms with E-state index in [9.17, 15) is 9.90 Å². The second-order valence-electron chi connectivity index (χ2n) is 9.20. The van der Waals surface area contributed by atoms with Crippen LogP contribution < -0.4 is 10.1 Å². The zero-order valence-electron chi connectivity index (χ0n) is 19.9. The molecule has 4 aromatic rings. The van der Waals surface area contributed by atoms with Crippen molar-refractivity contribution in [2.24, 2.45) is 0 Å². The first-order chi connectivity index (χ1) is 16.5. The summed E-state index contributed by atoms with van der Waals surface area (Å²) in [5.74, 6) is 0.0665. The van der Waals surface area contributed by atoms with Crippen molar-refractivity contribution in [2.45, 2.75) is 38.3 Å². The average molecular weight is 488 g/mol. The molecule has 5 rings (SSSR count). The van der Waals surface area contributed by atoms with Crippen LogP contribution in [0.4, 0.5) is 0 Å². The van der Waals surface area contributed by atoms with E-state index in [1.807, 2.05) is 31.2 Å². The van der Waals surface area contributed by atoms with E-state index in [4.69, 9.17) is 4.74 Å². The molecule has 0 bridgehead atoms. The first kappa shape index (κ1) is 24.8. The molecule has 5 heteroatoms. The number of benzene rings is 4. The number of ether oxygens (including phenoxy) is 1. The molecular weight excluding hydrogens is 458 g/mol. The minimum atomic E-state index is -0.896. The lowest BCUT2D eigenvalue weighted by Gasteiger charge is -2.33. The van der Waals surface area contributed by atoms with Crippen LogP contribution in [-0.2, 0) is 0 Å². The molecular formula is C30H30ClNO3. The predicted octanol–water partition coefficient (Wildman–Crippen LogP) is 6.90. The Kier molecular flexibility index (Phi) is 7.44. The highest BCUT2D eigenvalue weighted by Crippen LogP contribution is 2.41. The van der Waals surface area contributed by atoms with Gasteiger partial charge in [0.1, 0.15) is 11.9 Å². The second kappa shape index (κ2) is 10.5. The van der Waals surface area contributed by atoms with Crippen molar-refractivity contribution < 1.29 is 14.6 Å². The summed E-state index contributed by atoms with van der Waals surface area (Å²) in [7, 11) is 0. The highest BCUT2D eigenvalue weighted by molar-refractivity contribution is 5.88. The van der Waals surface area contributed by atoms with Crippen molar-refractivity contribution in [1.29, 1.82) is 0 Å². The average Bonchev–Trinajstić information content (AvgIpc) is 2.86. The van der Waals surface area contributed by atoms with Crippen molar-refractivity contribution in [1.82, 2.24) is 5.32 Å². The van der Waals surface area contributed by atoms with Crippen LogP contribution in [0.2, 0.25) is 0 Å². The number of carboxylic acids is 1. The van der Waals surface area contributed by atoms with Crippen molar-refractivity contribution in [2.75, 3.05) is 6.54 Å². The molecule has 0 fully saturated rings. The van der Waals surface area contributed by atoms with Gasteiger partial charge in [-0.2, -0.15) is 0 Å². The van der Waals surface area contributed by atoms with Gasteiger partial charge in [-0.25, -0.2) is 4.79 Å². The van der Waals surface area contributed by atoms with Gasteiger partial charge in [0.05, 0.1) is 5.56 Å². The molecule has 1 heterocycles. The van der Waals surface area contributed by atoms with Gasteiger partial charge in [0.15, 0.2) is 0 Å². The van der Waals surface area contributed by atoms with Gasteiger partial charge in [-0.3, -0.25) is 0 Å². The number of aryl methyl sites for hydroxylation is 1. The van der Waals surface area contributed by atoms with Gasteiger partial charge in [-0.15, -0.1) is 12.4 Å². The first-order valence-electron chi connectivity index (χ1n) is 11.8. The molecule has 1 aliphatic rings. The molecule has 0 saturated heterocycles. The third kappa shape index (κ3) is 5.19. The summed E-state index contributed by atoms with van der Waals surface area (Å²) < 4.78 is 6.39. The van der Waals surface area contributed by atoms with Crippen LogP contribution in [0, 0.1) is 6.92 Å². The molecule has 0 radical (unpaired) electrons. The molecule has 2 N–H and O–H groups in total. The number of hydrogen-bond donors (Lipinski definition) is 2. The van der Waals surface area contributed by atoms with Gasteiger partial charge in [0, 0.05) is 24.1 Å². The summed E-state index contributed by atoms with van der Waals surface area (Å²) in [6.45, 7) is 4.84. The van der Waals surface area contributed by atoms with E-state index in [1.54, 1.807) is 6.07 Å². The lowest BCUT2D eigenvalue weighted by molar-refractivity contribution is 0.0696. The Bertz CT molecular complexity index is 1350. The predicted molar refractivity (Wildman–Crippen MR) is 143 cm³/mol.